The van der Waals surface area contributed by atoms with Gasteiger partial charge < -0.3 is 67.1 Å². The Morgan fingerprint density at radius 2 is 0.938 bits per heavy atom. The minimum Gasteiger partial charge on any atom is -0.462 e. The summed E-state index contributed by atoms with van der Waals surface area (Å²) in [5.74, 6) is -14.6. The zero-order chi connectivity index (χ0) is 81.3. The summed E-state index contributed by atoms with van der Waals surface area (Å²) in [4.78, 5) is 78.4. The van der Waals surface area contributed by atoms with E-state index in [9.17, 15) is 65.6 Å². The van der Waals surface area contributed by atoms with Gasteiger partial charge in [0.2, 0.25) is 46.7 Å². The fraction of sp³-hybridized carbons (Fsp3) is 0.549. The first-order valence-electron chi connectivity index (χ1n) is 34.7. The monoisotopic (exact) mass is 1650 g/mol. The SMILES string of the molecule is C.C.C.CC(C)OC(=O)[C@H](C)N[P@](=O)(Oc1ccccc1)Oc1c(F)c(F)c(F)c(F)c1F.CCCCCOC(=O)Nc1nc(N(C)C)c2ncn([C@@H]3O[C@H](CO)[C@@H](O)[C@@]3(C)F)c2n1.CCCCCOC(=O)Nc1nc(N(C)C)c2ncn([C@@H]3O[C@H](CO[P@@](=O)(N[C@@H](C)C(=O)OC(C)C)Oc4ccccc4)[C@@H](O)[C@@]3(C)F)c2n1. The summed E-state index contributed by atoms with van der Waals surface area (Å²) in [5.41, 5.74) is -3.74. The fourth-order valence-electron chi connectivity index (χ4n) is 10.5. The van der Waals surface area contributed by atoms with E-state index in [-0.39, 0.29) is 75.7 Å². The smallest absolute Gasteiger partial charge is 0.462 e. The molecular formula is C71H103F7N14O19P2. The van der Waals surface area contributed by atoms with E-state index in [1.54, 1.807) is 76.1 Å². The van der Waals surface area contributed by atoms with Crippen LogP contribution in [0.5, 0.6) is 17.2 Å². The van der Waals surface area contributed by atoms with Crippen LogP contribution in [0.3, 0.4) is 0 Å². The number of ether oxygens (including phenoxy) is 6. The van der Waals surface area contributed by atoms with Crippen LogP contribution in [0.2, 0.25) is 0 Å². The summed E-state index contributed by atoms with van der Waals surface area (Å²) >= 11 is 0. The topological polar surface area (TPSA) is 397 Å². The van der Waals surface area contributed by atoms with Gasteiger partial charge in [0.1, 0.15) is 48.0 Å². The molecule has 42 heteroatoms. The molecule has 9 rings (SSSR count). The summed E-state index contributed by atoms with van der Waals surface area (Å²) in [5, 5.41) is 40.3. The molecule has 0 unspecified atom stereocenters. The number of fused-ring (bicyclic) bond motifs is 2. The molecular weight excluding hydrogens is 1550 g/mol. The number of aliphatic hydroxyl groups excluding tert-OH is 3. The number of hydrogen-bond acceptors (Lipinski definition) is 27. The second-order valence-corrected chi connectivity index (χ2v) is 29.6. The molecule has 12 atom stereocenters. The van der Waals surface area contributed by atoms with Gasteiger partial charge in [-0.15, -0.1) is 0 Å². The minimum atomic E-state index is -4.91. The standard InChI is InChI=1S/C31H45FN7O9P.C19H29FN6O5.C18H17F5NO5P.3CH4/c1-8-9-13-16-44-30(42)36-29-34-25(38(6)7)23-26(35-29)39(18-33-23)28-31(5,32)24(40)22(47-28)17-45-49(43,48-21-14-11-10-12-15-21)37-20(4)27(41)46-19(2)3;1-5-6-7-8-30-18(29)24-17-22-14(25(3)4)12-15(23-17)26(10-21-12)16-19(2,20)13(28)11(9-27)31-16;1-9(2)27-18(25)10(3)24-30(26,28-11-7-5-4-6-8-11)29-17-15(22)13(20)12(19)14(21)16(17)23;;;/h10-12,14-15,18-20,22,24,28,40H,8-9,13,16-17H2,1-7H3,(H,37,43)(H,34,35,36,42);10-11,13,16,27-28H,5-9H2,1-4H3,(H,22,23,24,29);4-10H,1-3H3,(H,24,26);3*1H4/t20-,22+,24+,28+,31+,49-;11-,13-,16-,19-;10-,30-;;;/m010.../s1. The molecule has 2 fully saturated rings. The number of aliphatic hydroxyl groups is 3. The normalized spacial score (nSPS) is 20.5. The van der Waals surface area contributed by atoms with Crippen molar-refractivity contribution in [3.63, 3.8) is 0 Å². The van der Waals surface area contributed by atoms with Gasteiger partial charge in [0, 0.05) is 28.2 Å². The number of imidazole rings is 2. The molecule has 6 heterocycles. The molecule has 4 aromatic heterocycles. The first-order chi connectivity index (χ1) is 51.8. The number of nitrogens with zero attached hydrogens (tertiary/aromatic N) is 10. The first-order valence-corrected chi connectivity index (χ1v) is 37.8. The van der Waals surface area contributed by atoms with E-state index in [0.29, 0.717) is 23.6 Å². The van der Waals surface area contributed by atoms with Crippen molar-refractivity contribution in [3.05, 3.63) is 102 Å². The van der Waals surface area contributed by atoms with Crippen LogP contribution in [0.25, 0.3) is 22.3 Å². The van der Waals surface area contributed by atoms with Gasteiger partial charge in [-0.3, -0.25) is 33.9 Å². The van der Waals surface area contributed by atoms with E-state index in [2.05, 4.69) is 55.2 Å². The number of anilines is 4. The Balaban J connectivity index is 0.000000369. The molecule has 3 aromatic carbocycles. The van der Waals surface area contributed by atoms with Crippen LogP contribution >= 0.6 is 15.5 Å². The highest BCUT2D eigenvalue weighted by atomic mass is 31.2. The second-order valence-electron chi connectivity index (χ2n) is 26.3. The van der Waals surface area contributed by atoms with Crippen LogP contribution in [0.1, 0.15) is 142 Å². The van der Waals surface area contributed by atoms with Crippen molar-refractivity contribution in [1.82, 2.24) is 49.2 Å². The van der Waals surface area contributed by atoms with E-state index in [1.165, 1.54) is 92.8 Å². The van der Waals surface area contributed by atoms with Gasteiger partial charge in [-0.1, -0.05) is 98.2 Å². The molecule has 33 nitrogen and oxygen atoms in total. The second kappa shape index (κ2) is 42.3. The van der Waals surface area contributed by atoms with Crippen LogP contribution in [-0.4, -0.2) is 193 Å². The molecule has 7 N–H and O–H groups in total. The fourth-order valence-corrected chi connectivity index (χ4v) is 13.5. The number of para-hydroxylation sites is 2. The van der Waals surface area contributed by atoms with Gasteiger partial charge in [-0.05, 0) is 92.5 Å². The van der Waals surface area contributed by atoms with Crippen LogP contribution in [-0.2, 0) is 51.7 Å². The average Bonchev–Trinajstić information content (AvgIpc) is 1.60. The number of esters is 2. The maximum atomic E-state index is 16.4. The predicted octanol–water partition coefficient (Wildman–Crippen LogP) is 13.1. The van der Waals surface area contributed by atoms with Gasteiger partial charge in [0.25, 0.3) is 0 Å². The van der Waals surface area contributed by atoms with Crippen molar-refractivity contribution in [2.24, 2.45) is 0 Å². The van der Waals surface area contributed by atoms with Crippen LogP contribution in [0.15, 0.2) is 73.3 Å². The predicted molar refractivity (Wildman–Crippen MR) is 404 cm³/mol. The molecule has 2 aliphatic heterocycles. The number of nitrogens with one attached hydrogen (secondary N) is 4. The number of alkyl halides is 2. The summed E-state index contributed by atoms with van der Waals surface area (Å²) in [7, 11) is -2.35. The summed E-state index contributed by atoms with van der Waals surface area (Å²) in [6.07, 6.45) is -3.11. The van der Waals surface area contributed by atoms with Crippen molar-refractivity contribution in [1.29, 1.82) is 0 Å². The highest BCUT2D eigenvalue weighted by molar-refractivity contribution is 7.52. The Morgan fingerprint density at radius 1 is 0.566 bits per heavy atom. The van der Waals surface area contributed by atoms with E-state index in [1.807, 2.05) is 13.8 Å². The molecule has 0 radical (unpaired) electrons. The van der Waals surface area contributed by atoms with Gasteiger partial charge >= 0.3 is 39.6 Å². The van der Waals surface area contributed by atoms with Crippen molar-refractivity contribution >= 4 is 85.5 Å². The van der Waals surface area contributed by atoms with E-state index in [0.717, 1.165) is 39.0 Å². The lowest BCUT2D eigenvalue weighted by Crippen LogP contribution is -2.41. The largest absolute Gasteiger partial charge is 0.513 e. The van der Waals surface area contributed by atoms with Crippen LogP contribution in [0, 0.1) is 29.1 Å². The minimum absolute atomic E-state index is 0. The summed E-state index contributed by atoms with van der Waals surface area (Å²) in [6, 6.07) is 12.6. The maximum Gasteiger partial charge on any atom is 0.513 e. The third-order valence-electron chi connectivity index (χ3n) is 16.0. The third kappa shape index (κ3) is 24.7. The lowest BCUT2D eigenvalue weighted by molar-refractivity contribution is -0.150. The Labute approximate surface area is 650 Å². The summed E-state index contributed by atoms with van der Waals surface area (Å²) in [6.45, 7) is 14.8. The molecule has 2 aliphatic rings. The molecule has 2 amide bonds. The van der Waals surface area contributed by atoms with Crippen molar-refractivity contribution in [2.75, 3.05) is 75.1 Å². The molecule has 113 heavy (non-hydrogen) atoms. The van der Waals surface area contributed by atoms with Crippen molar-refractivity contribution in [2.45, 2.75) is 203 Å². The Morgan fingerprint density at radius 3 is 1.31 bits per heavy atom. The van der Waals surface area contributed by atoms with Crippen molar-refractivity contribution < 1.29 is 121 Å². The molecule has 7 aromatic rings. The lowest BCUT2D eigenvalue weighted by atomic mass is 9.98. The molecule has 630 valence electrons. The number of unbranched alkanes of at least 4 members (excludes halogenated alkanes) is 4. The number of carbonyl (C=O) groups excluding carboxylic acids is 4. The third-order valence-corrected chi connectivity index (χ3v) is 19.2. The van der Waals surface area contributed by atoms with E-state index in [4.69, 9.17) is 42.0 Å². The average molecular weight is 1650 g/mol. The highest BCUT2D eigenvalue weighted by Crippen LogP contribution is 2.50. The number of benzene rings is 3. The van der Waals surface area contributed by atoms with E-state index < -0.39 is 160 Å². The summed E-state index contributed by atoms with van der Waals surface area (Å²) < 4.78 is 183. The molecule has 0 bridgehead atoms. The molecule has 0 saturated carbocycles. The number of carbonyl (C=O) groups is 4. The van der Waals surface area contributed by atoms with Crippen LogP contribution < -0.4 is 44.2 Å². The number of amides is 2. The first kappa shape index (κ1) is 96.3. The highest BCUT2D eigenvalue weighted by Gasteiger charge is 2.57. The molecule has 0 spiro atoms. The molecule has 2 saturated heterocycles. The Bertz CT molecular complexity index is 4340. The lowest BCUT2D eigenvalue weighted by Gasteiger charge is -2.25. The number of halogens is 7. The Kier molecular flexibility index (Phi) is 36.0. The van der Waals surface area contributed by atoms with Gasteiger partial charge in [0.15, 0.2) is 57.8 Å². The zero-order valence-corrected chi connectivity index (χ0v) is 64.4. The van der Waals surface area contributed by atoms with Crippen molar-refractivity contribution in [3.8, 4) is 17.2 Å². The number of rotatable bonds is 32. The maximum absolute atomic E-state index is 16.4. The molecule has 0 aliphatic carbocycles. The van der Waals surface area contributed by atoms with Gasteiger partial charge in [0.05, 0.1) is 51.3 Å². The quantitative estimate of drug-likeness (QED) is 0.00392. The van der Waals surface area contributed by atoms with E-state index >= 15 is 8.78 Å². The number of aromatic nitrogens is 8. The zero-order valence-electron chi connectivity index (χ0n) is 62.7. The Hall–Kier alpha value is -9.11. The van der Waals surface area contributed by atoms with Gasteiger partial charge in [-0.25, -0.2) is 50.6 Å². The van der Waals surface area contributed by atoms with Gasteiger partial charge in [-0.2, -0.15) is 38.9 Å². The van der Waals surface area contributed by atoms with Crippen LogP contribution in [0.4, 0.5) is 63.9 Å². The number of hydrogen-bond donors (Lipinski definition) is 7.